The van der Waals surface area contributed by atoms with Crippen molar-refractivity contribution in [1.29, 1.82) is 0 Å². The van der Waals surface area contributed by atoms with E-state index in [1.807, 2.05) is 11.3 Å². The van der Waals surface area contributed by atoms with Gasteiger partial charge in [-0.15, -0.1) is 11.3 Å². The van der Waals surface area contributed by atoms with Gasteiger partial charge in [-0.05, 0) is 41.5 Å². The number of aromatic nitrogens is 4. The van der Waals surface area contributed by atoms with Crippen LogP contribution in [0.4, 0.5) is 0 Å². The van der Waals surface area contributed by atoms with E-state index in [9.17, 15) is 0 Å². The molecule has 0 aliphatic carbocycles. The van der Waals surface area contributed by atoms with Gasteiger partial charge >= 0.3 is 0 Å². The van der Waals surface area contributed by atoms with Gasteiger partial charge in [-0.1, -0.05) is 164 Å². The highest BCUT2D eigenvalue weighted by molar-refractivity contribution is 7.26. The molecule has 12 aromatic rings. The highest BCUT2D eigenvalue weighted by Gasteiger charge is 2.24. The van der Waals surface area contributed by atoms with E-state index < -0.39 is 0 Å². The van der Waals surface area contributed by atoms with Crippen LogP contribution in [0.1, 0.15) is 0 Å². The number of benzene rings is 8. The van der Waals surface area contributed by atoms with Crippen molar-refractivity contribution in [2.24, 2.45) is 0 Å². The molecule has 0 amide bonds. The Bertz CT molecular complexity index is 3500. The number of rotatable bonds is 5. The number of para-hydroxylation sites is 2. The maximum absolute atomic E-state index is 5.46. The van der Waals surface area contributed by atoms with Gasteiger partial charge in [-0.2, -0.15) is 0 Å². The van der Waals surface area contributed by atoms with Crippen molar-refractivity contribution < 1.29 is 0 Å². The SMILES string of the molecule is c1ccc(-c2ccc(-c3cc(-c4ccccc4)nc(-n4c5ccccc5c5ccc6c7ccccc7n(-c7cccc8c7sc7ccccc78)c6c54)n3)cc2)cc1. The minimum atomic E-state index is 0.633. The maximum Gasteiger partial charge on any atom is 0.235 e. The number of thiophene rings is 1. The first kappa shape index (κ1) is 32.0. The second-order valence-electron chi connectivity index (χ2n) is 14.6. The first-order chi connectivity index (χ1) is 28.3. The van der Waals surface area contributed by atoms with Crippen LogP contribution < -0.4 is 0 Å². The Hall–Kier alpha value is -7.34. The number of fused-ring (bicyclic) bond motifs is 10. The third kappa shape index (κ3) is 4.93. The summed E-state index contributed by atoms with van der Waals surface area (Å²) < 4.78 is 7.35. The number of hydrogen-bond acceptors (Lipinski definition) is 3. The van der Waals surface area contributed by atoms with Crippen LogP contribution in [0.15, 0.2) is 194 Å². The summed E-state index contributed by atoms with van der Waals surface area (Å²) in [5.74, 6) is 0.633. The smallest absolute Gasteiger partial charge is 0.235 e. The van der Waals surface area contributed by atoms with E-state index in [0.29, 0.717) is 5.95 Å². The molecule has 0 N–H and O–H groups in total. The van der Waals surface area contributed by atoms with Crippen LogP contribution in [-0.2, 0) is 0 Å². The molecule has 0 spiro atoms. The zero-order chi connectivity index (χ0) is 37.5. The predicted molar refractivity (Wildman–Crippen MR) is 240 cm³/mol. The van der Waals surface area contributed by atoms with Crippen molar-refractivity contribution in [2.45, 2.75) is 0 Å². The molecule has 4 aromatic heterocycles. The minimum Gasteiger partial charge on any atom is -0.306 e. The highest BCUT2D eigenvalue weighted by atomic mass is 32.1. The Morgan fingerprint density at radius 1 is 0.351 bits per heavy atom. The summed E-state index contributed by atoms with van der Waals surface area (Å²) in [6.45, 7) is 0. The fourth-order valence-corrected chi connectivity index (χ4v) is 9.98. The summed E-state index contributed by atoms with van der Waals surface area (Å²) in [6.07, 6.45) is 0. The second kappa shape index (κ2) is 12.6. The van der Waals surface area contributed by atoms with Gasteiger partial charge in [-0.25, -0.2) is 9.97 Å². The lowest BCUT2D eigenvalue weighted by Crippen LogP contribution is -2.05. The molecular weight excluding hydrogens is 713 g/mol. The number of nitrogens with zero attached hydrogens (tertiary/aromatic N) is 4. The molecule has 0 aliphatic rings. The molecule has 12 rings (SSSR count). The van der Waals surface area contributed by atoms with Crippen LogP contribution in [0.5, 0.6) is 0 Å². The summed E-state index contributed by atoms with van der Waals surface area (Å²) in [7, 11) is 0. The fraction of sp³-hybridized carbons (Fsp3) is 0. The van der Waals surface area contributed by atoms with Crippen LogP contribution in [0.2, 0.25) is 0 Å². The van der Waals surface area contributed by atoms with E-state index in [-0.39, 0.29) is 0 Å². The molecule has 4 heterocycles. The monoisotopic (exact) mass is 744 g/mol. The second-order valence-corrected chi connectivity index (χ2v) is 15.6. The molecule has 0 saturated carbocycles. The minimum absolute atomic E-state index is 0.633. The predicted octanol–water partition coefficient (Wildman–Crippen LogP) is 14.0. The molecule has 8 aromatic carbocycles. The zero-order valence-corrected chi connectivity index (χ0v) is 31.5. The average molecular weight is 745 g/mol. The molecule has 5 heteroatoms. The Kier molecular flexibility index (Phi) is 7.06. The quantitative estimate of drug-likeness (QED) is 0.176. The van der Waals surface area contributed by atoms with Crippen molar-refractivity contribution >= 4 is 75.1 Å². The molecular formula is C52H32N4S. The maximum atomic E-state index is 5.46. The molecule has 0 bridgehead atoms. The molecule has 0 atom stereocenters. The molecule has 57 heavy (non-hydrogen) atoms. The Morgan fingerprint density at radius 3 is 1.53 bits per heavy atom. The van der Waals surface area contributed by atoms with E-state index in [4.69, 9.17) is 9.97 Å². The van der Waals surface area contributed by atoms with E-state index in [1.54, 1.807) is 0 Å². The molecule has 4 nitrogen and oxygen atoms in total. The third-order valence-electron chi connectivity index (χ3n) is 11.4. The van der Waals surface area contributed by atoms with Gasteiger partial charge in [0.2, 0.25) is 5.95 Å². The fourth-order valence-electron chi connectivity index (χ4n) is 8.77. The Balaban J connectivity index is 1.19. The molecule has 0 radical (unpaired) electrons. The molecule has 0 unspecified atom stereocenters. The van der Waals surface area contributed by atoms with Crippen molar-refractivity contribution in [3.63, 3.8) is 0 Å². The summed E-state index contributed by atoms with van der Waals surface area (Å²) in [6, 6.07) is 69.4. The van der Waals surface area contributed by atoms with Crippen molar-refractivity contribution in [1.82, 2.24) is 19.1 Å². The van der Waals surface area contributed by atoms with Crippen LogP contribution in [0.25, 0.3) is 109 Å². The summed E-state index contributed by atoms with van der Waals surface area (Å²) in [4.78, 5) is 10.9. The molecule has 0 saturated heterocycles. The van der Waals surface area contributed by atoms with Gasteiger partial charge in [0.25, 0.3) is 0 Å². The van der Waals surface area contributed by atoms with E-state index in [1.165, 1.54) is 53.3 Å². The Labute approximate surface area is 332 Å². The lowest BCUT2D eigenvalue weighted by Gasteiger charge is -2.14. The van der Waals surface area contributed by atoms with E-state index in [0.717, 1.165) is 49.8 Å². The van der Waals surface area contributed by atoms with Gasteiger partial charge in [-0.3, -0.25) is 4.57 Å². The molecule has 0 aliphatic heterocycles. The van der Waals surface area contributed by atoms with Gasteiger partial charge in [0, 0.05) is 48.1 Å². The highest BCUT2D eigenvalue weighted by Crippen LogP contribution is 2.45. The first-order valence-corrected chi connectivity index (χ1v) is 20.1. The first-order valence-electron chi connectivity index (χ1n) is 19.3. The topological polar surface area (TPSA) is 35.6 Å². The van der Waals surface area contributed by atoms with Gasteiger partial charge in [0.15, 0.2) is 0 Å². The van der Waals surface area contributed by atoms with Crippen molar-refractivity contribution in [2.75, 3.05) is 0 Å². The molecule has 0 fully saturated rings. The summed E-state index contributed by atoms with van der Waals surface area (Å²) in [5, 5.41) is 7.28. The number of hydrogen-bond donors (Lipinski definition) is 0. The van der Waals surface area contributed by atoms with Crippen LogP contribution >= 0.6 is 11.3 Å². The zero-order valence-electron chi connectivity index (χ0n) is 30.7. The van der Waals surface area contributed by atoms with Crippen LogP contribution in [-0.4, -0.2) is 19.1 Å². The van der Waals surface area contributed by atoms with Crippen molar-refractivity contribution in [3.05, 3.63) is 194 Å². The molecule has 266 valence electrons. The van der Waals surface area contributed by atoms with Gasteiger partial charge in [0.1, 0.15) is 0 Å². The van der Waals surface area contributed by atoms with Gasteiger partial charge in [0.05, 0.1) is 43.8 Å². The standard InChI is InChI=1S/C52H32N4S/c1-3-14-33(15-4-1)34-26-28-36(29-27-34)44-32-43(35-16-5-2-6-17-35)53-52(54-44)56-46-23-11-8-19-38(46)41-31-30-40-37-18-7-10-22-45(37)55(49(40)50(41)56)47-24-13-21-42-39-20-9-12-25-48(39)57-51(42)47/h1-32H. The lowest BCUT2D eigenvalue weighted by molar-refractivity contribution is 0.995. The van der Waals surface area contributed by atoms with E-state index >= 15 is 0 Å². The van der Waals surface area contributed by atoms with Crippen LogP contribution in [0.3, 0.4) is 0 Å². The normalized spacial score (nSPS) is 11.9. The third-order valence-corrected chi connectivity index (χ3v) is 12.6. The van der Waals surface area contributed by atoms with Gasteiger partial charge < -0.3 is 4.57 Å². The summed E-state index contributed by atoms with van der Waals surface area (Å²) >= 11 is 1.86. The average Bonchev–Trinajstić information content (AvgIpc) is 3.95. The van der Waals surface area contributed by atoms with E-state index in [2.05, 4.69) is 203 Å². The van der Waals surface area contributed by atoms with Crippen LogP contribution in [0, 0.1) is 0 Å². The summed E-state index contributed by atoms with van der Waals surface area (Å²) in [5.41, 5.74) is 11.8. The Morgan fingerprint density at radius 2 is 0.842 bits per heavy atom. The largest absolute Gasteiger partial charge is 0.306 e. The van der Waals surface area contributed by atoms with Crippen molar-refractivity contribution in [3.8, 4) is 45.3 Å². The lowest BCUT2D eigenvalue weighted by atomic mass is 10.0.